The van der Waals surface area contributed by atoms with E-state index >= 15 is 0 Å². The lowest BCUT2D eigenvalue weighted by molar-refractivity contribution is 0.0897. The fourth-order valence-electron chi connectivity index (χ4n) is 1.04. The van der Waals surface area contributed by atoms with Crippen LogP contribution in [0.15, 0.2) is 10.8 Å². The molecular formula is C7H9N3O3. The van der Waals surface area contributed by atoms with E-state index in [1.54, 1.807) is 0 Å². The molecule has 0 unspecified atom stereocenters. The second kappa shape index (κ2) is 2.81. The molecule has 6 nitrogen and oxygen atoms in total. The second-order valence-electron chi connectivity index (χ2n) is 3.19. The first kappa shape index (κ1) is 8.18. The predicted molar refractivity (Wildman–Crippen MR) is 40.8 cm³/mol. The summed E-state index contributed by atoms with van der Waals surface area (Å²) >= 11 is 0. The monoisotopic (exact) mass is 183 g/mol. The molecular weight excluding hydrogens is 174 g/mol. The average molecular weight is 183 g/mol. The zero-order valence-corrected chi connectivity index (χ0v) is 6.86. The van der Waals surface area contributed by atoms with Crippen LogP contribution in [-0.2, 0) is 0 Å². The van der Waals surface area contributed by atoms with Gasteiger partial charge in [0.15, 0.2) is 5.69 Å². The van der Waals surface area contributed by atoms with Crippen molar-refractivity contribution >= 4 is 5.91 Å². The van der Waals surface area contributed by atoms with Crippen LogP contribution >= 0.6 is 0 Å². The maximum absolute atomic E-state index is 11.3. The summed E-state index contributed by atoms with van der Waals surface area (Å²) in [4.78, 5) is 11.3. The molecule has 1 aromatic rings. The van der Waals surface area contributed by atoms with E-state index in [1.165, 1.54) is 6.20 Å². The maximum atomic E-state index is 11.3. The summed E-state index contributed by atoms with van der Waals surface area (Å²) in [7, 11) is 0. The first-order valence-electron chi connectivity index (χ1n) is 3.97. The number of aliphatic hydroxyl groups excluding tert-OH is 1. The number of nitrogens with one attached hydrogen (secondary N) is 1. The Kier molecular flexibility index (Phi) is 1.77. The van der Waals surface area contributed by atoms with Crippen LogP contribution in [-0.4, -0.2) is 33.5 Å². The molecule has 1 aliphatic rings. The van der Waals surface area contributed by atoms with Gasteiger partial charge in [0.05, 0.1) is 12.1 Å². The van der Waals surface area contributed by atoms with E-state index < -0.39 is 5.54 Å². The van der Waals surface area contributed by atoms with E-state index in [9.17, 15) is 4.79 Å². The van der Waals surface area contributed by atoms with E-state index in [-0.39, 0.29) is 18.2 Å². The van der Waals surface area contributed by atoms with Gasteiger partial charge in [-0.15, -0.1) is 0 Å². The summed E-state index contributed by atoms with van der Waals surface area (Å²) in [5.41, 5.74) is -0.282. The molecule has 0 aromatic carbocycles. The molecule has 6 heteroatoms. The van der Waals surface area contributed by atoms with Crippen molar-refractivity contribution < 1.29 is 14.5 Å². The molecule has 70 valence electrons. The standard InChI is InChI=1S/C7H9N3O3/c11-4-7(1-2-7)9-6(12)5-3-8-13-10-5/h3,11H,1-2,4H2,(H,9,12). The van der Waals surface area contributed by atoms with Crippen LogP contribution in [0.5, 0.6) is 0 Å². The van der Waals surface area contributed by atoms with Crippen molar-refractivity contribution in [1.82, 2.24) is 15.6 Å². The first-order chi connectivity index (χ1) is 6.26. The van der Waals surface area contributed by atoms with Gasteiger partial charge in [0, 0.05) is 0 Å². The molecule has 0 saturated heterocycles. The summed E-state index contributed by atoms with van der Waals surface area (Å²) < 4.78 is 4.28. The zero-order chi connectivity index (χ0) is 9.31. The molecule has 0 radical (unpaired) electrons. The van der Waals surface area contributed by atoms with Crippen LogP contribution in [0.3, 0.4) is 0 Å². The number of hydrogen-bond donors (Lipinski definition) is 2. The Bertz CT molecular complexity index is 305. The molecule has 1 fully saturated rings. The van der Waals surface area contributed by atoms with E-state index in [4.69, 9.17) is 5.11 Å². The van der Waals surface area contributed by atoms with Crippen molar-refractivity contribution in [2.24, 2.45) is 0 Å². The third kappa shape index (κ3) is 1.52. The first-order valence-corrected chi connectivity index (χ1v) is 3.97. The highest BCUT2D eigenvalue weighted by atomic mass is 16.6. The molecule has 0 bridgehead atoms. The SMILES string of the molecule is O=C(NC1(CO)CC1)c1cnon1. The Balaban J connectivity index is 2.00. The molecule has 1 aliphatic carbocycles. The van der Waals surface area contributed by atoms with Gasteiger partial charge in [-0.25, -0.2) is 4.63 Å². The number of aromatic nitrogens is 2. The Hall–Kier alpha value is -1.43. The largest absolute Gasteiger partial charge is 0.394 e. The fourth-order valence-corrected chi connectivity index (χ4v) is 1.04. The Morgan fingerprint density at radius 3 is 3.00 bits per heavy atom. The quantitative estimate of drug-likeness (QED) is 0.648. The summed E-state index contributed by atoms with van der Waals surface area (Å²) in [5, 5.41) is 18.3. The normalized spacial score (nSPS) is 18.2. The molecule has 0 atom stereocenters. The Morgan fingerprint density at radius 1 is 1.77 bits per heavy atom. The third-order valence-electron chi connectivity index (χ3n) is 2.13. The summed E-state index contributed by atoms with van der Waals surface area (Å²) in [5.74, 6) is -0.354. The topological polar surface area (TPSA) is 88.2 Å². The minimum atomic E-state index is -0.421. The molecule has 0 aliphatic heterocycles. The highest BCUT2D eigenvalue weighted by Crippen LogP contribution is 2.34. The zero-order valence-electron chi connectivity index (χ0n) is 6.86. The molecule has 2 rings (SSSR count). The molecule has 13 heavy (non-hydrogen) atoms. The smallest absolute Gasteiger partial charge is 0.275 e. The molecule has 1 saturated carbocycles. The van der Waals surface area contributed by atoms with E-state index in [0.29, 0.717) is 0 Å². The van der Waals surface area contributed by atoms with Gasteiger partial charge in [-0.05, 0) is 18.0 Å². The third-order valence-corrected chi connectivity index (χ3v) is 2.13. The van der Waals surface area contributed by atoms with Crippen molar-refractivity contribution in [3.8, 4) is 0 Å². The van der Waals surface area contributed by atoms with E-state index in [2.05, 4.69) is 20.3 Å². The van der Waals surface area contributed by atoms with Crippen LogP contribution in [0.25, 0.3) is 0 Å². The maximum Gasteiger partial charge on any atom is 0.275 e. The van der Waals surface area contributed by atoms with Gasteiger partial charge in [0.1, 0.15) is 6.20 Å². The fraction of sp³-hybridized carbons (Fsp3) is 0.571. The number of carbonyl (C=O) groups excluding carboxylic acids is 1. The lowest BCUT2D eigenvalue weighted by Gasteiger charge is -2.11. The second-order valence-corrected chi connectivity index (χ2v) is 3.19. The molecule has 1 aromatic heterocycles. The number of hydrogen-bond acceptors (Lipinski definition) is 5. The van der Waals surface area contributed by atoms with E-state index in [0.717, 1.165) is 12.8 Å². The van der Waals surface area contributed by atoms with Crippen molar-refractivity contribution in [2.75, 3.05) is 6.61 Å². The number of nitrogens with zero attached hydrogens (tertiary/aromatic N) is 2. The Labute approximate surface area is 73.9 Å². The molecule has 1 heterocycles. The number of amides is 1. The van der Waals surface area contributed by atoms with Gasteiger partial charge in [-0.3, -0.25) is 4.79 Å². The van der Waals surface area contributed by atoms with Crippen molar-refractivity contribution in [3.05, 3.63) is 11.9 Å². The summed E-state index contributed by atoms with van der Waals surface area (Å²) in [6, 6.07) is 0. The number of carbonyl (C=O) groups is 1. The average Bonchev–Trinajstić information content (AvgIpc) is 2.69. The van der Waals surface area contributed by atoms with Gasteiger partial charge in [0.25, 0.3) is 5.91 Å². The molecule has 2 N–H and O–H groups in total. The number of rotatable bonds is 3. The Morgan fingerprint density at radius 2 is 2.54 bits per heavy atom. The predicted octanol–water partition coefficient (Wildman–Crippen LogP) is -0.676. The number of aliphatic hydroxyl groups is 1. The summed E-state index contributed by atoms with van der Waals surface area (Å²) in [6.45, 7) is -0.0377. The highest BCUT2D eigenvalue weighted by molar-refractivity contribution is 5.92. The van der Waals surface area contributed by atoms with Crippen molar-refractivity contribution in [1.29, 1.82) is 0 Å². The lowest BCUT2D eigenvalue weighted by atomic mass is 10.3. The van der Waals surface area contributed by atoms with Crippen LogP contribution < -0.4 is 5.32 Å². The molecule has 1 amide bonds. The van der Waals surface area contributed by atoms with Gasteiger partial charge in [-0.1, -0.05) is 5.16 Å². The van der Waals surface area contributed by atoms with Crippen molar-refractivity contribution in [3.63, 3.8) is 0 Å². The van der Waals surface area contributed by atoms with Gasteiger partial charge >= 0.3 is 0 Å². The van der Waals surface area contributed by atoms with E-state index in [1.807, 2.05) is 0 Å². The van der Waals surface area contributed by atoms with Crippen LogP contribution in [0.4, 0.5) is 0 Å². The van der Waals surface area contributed by atoms with Crippen molar-refractivity contribution in [2.45, 2.75) is 18.4 Å². The van der Waals surface area contributed by atoms with Gasteiger partial charge in [0.2, 0.25) is 0 Å². The lowest BCUT2D eigenvalue weighted by Crippen LogP contribution is -2.39. The van der Waals surface area contributed by atoms with Gasteiger partial charge < -0.3 is 10.4 Å². The molecule has 0 spiro atoms. The van der Waals surface area contributed by atoms with Crippen LogP contribution in [0.1, 0.15) is 23.3 Å². The minimum absolute atomic E-state index is 0.0377. The van der Waals surface area contributed by atoms with Crippen LogP contribution in [0.2, 0.25) is 0 Å². The van der Waals surface area contributed by atoms with Crippen LogP contribution in [0, 0.1) is 0 Å². The summed E-state index contributed by atoms with van der Waals surface area (Å²) in [6.07, 6.45) is 2.85. The highest BCUT2D eigenvalue weighted by Gasteiger charge is 2.43. The minimum Gasteiger partial charge on any atom is -0.394 e. The van der Waals surface area contributed by atoms with Gasteiger partial charge in [-0.2, -0.15) is 0 Å².